The van der Waals surface area contributed by atoms with Crippen LogP contribution in [0.3, 0.4) is 0 Å². The van der Waals surface area contributed by atoms with Crippen molar-refractivity contribution < 1.29 is 4.79 Å². The van der Waals surface area contributed by atoms with Crippen LogP contribution in [0.4, 0.5) is 4.79 Å². The Labute approximate surface area is 45.1 Å². The third kappa shape index (κ3) is 5.33. The highest BCUT2D eigenvalue weighted by Gasteiger charge is 1.88. The van der Waals surface area contributed by atoms with E-state index >= 15 is 0 Å². The molecule has 0 rings (SSSR count). The molecule has 4 heteroatoms. The standard InChI is InChI=1S/C3H8N2O.B/c1-5(2)3(4)6;/h1-2H3,(H2,4,6);. The van der Waals surface area contributed by atoms with Crippen LogP contribution in [0.2, 0.25) is 0 Å². The van der Waals surface area contributed by atoms with E-state index < -0.39 is 6.03 Å². The molecule has 39 valence electrons. The van der Waals surface area contributed by atoms with Gasteiger partial charge < -0.3 is 10.6 Å². The Morgan fingerprint density at radius 3 is 1.71 bits per heavy atom. The average Bonchev–Trinajstić information content (AvgIpc) is 1.36. The molecule has 0 atom stereocenters. The lowest BCUT2D eigenvalue weighted by Crippen LogP contribution is -2.27. The van der Waals surface area contributed by atoms with Crippen LogP contribution in [0.15, 0.2) is 0 Å². The first-order valence-corrected chi connectivity index (χ1v) is 1.61. The second-order valence-corrected chi connectivity index (χ2v) is 1.23. The molecular formula is C3H8BN2O. The van der Waals surface area contributed by atoms with Gasteiger partial charge in [-0.15, -0.1) is 0 Å². The van der Waals surface area contributed by atoms with E-state index in [1.54, 1.807) is 14.1 Å². The highest BCUT2D eigenvalue weighted by atomic mass is 16.2. The first-order chi connectivity index (χ1) is 2.64. The molecule has 0 saturated heterocycles. The summed E-state index contributed by atoms with van der Waals surface area (Å²) in [4.78, 5) is 11.2. The average molecular weight is 98.9 g/mol. The summed E-state index contributed by atoms with van der Waals surface area (Å²) in [6, 6.07) is -0.407. The molecule has 0 aliphatic rings. The predicted molar refractivity (Wildman–Crippen MR) is 29.0 cm³/mol. The SMILES string of the molecule is CN(C)C(N)=O.[B]. The van der Waals surface area contributed by atoms with Gasteiger partial charge in [0, 0.05) is 22.5 Å². The quantitative estimate of drug-likeness (QED) is 0.399. The molecule has 7 heavy (non-hydrogen) atoms. The first-order valence-electron chi connectivity index (χ1n) is 1.61. The predicted octanol–water partition coefficient (Wildman–Crippen LogP) is -0.754. The Morgan fingerprint density at radius 2 is 1.71 bits per heavy atom. The van der Waals surface area contributed by atoms with E-state index in [2.05, 4.69) is 0 Å². The maximum atomic E-state index is 9.85. The maximum absolute atomic E-state index is 9.85. The Balaban J connectivity index is 0. The lowest BCUT2D eigenvalue weighted by molar-refractivity contribution is 0.227. The lowest BCUT2D eigenvalue weighted by atomic mass is 10.8. The topological polar surface area (TPSA) is 46.3 Å². The van der Waals surface area contributed by atoms with Gasteiger partial charge in [0.05, 0.1) is 0 Å². The van der Waals surface area contributed by atoms with Crippen molar-refractivity contribution in [3.63, 3.8) is 0 Å². The molecule has 0 aliphatic heterocycles. The number of primary amides is 1. The van der Waals surface area contributed by atoms with E-state index in [9.17, 15) is 4.79 Å². The zero-order valence-corrected chi connectivity index (χ0v) is 4.51. The monoisotopic (exact) mass is 99.1 g/mol. The molecule has 2 amide bonds. The van der Waals surface area contributed by atoms with Gasteiger partial charge in [-0.1, -0.05) is 0 Å². The van der Waals surface area contributed by atoms with Crippen molar-refractivity contribution in [2.75, 3.05) is 14.1 Å². The van der Waals surface area contributed by atoms with Gasteiger partial charge in [0.25, 0.3) is 0 Å². The Hall–Kier alpha value is -0.665. The number of rotatable bonds is 0. The smallest absolute Gasteiger partial charge is 0.314 e. The molecule has 0 aromatic rings. The lowest BCUT2D eigenvalue weighted by Gasteiger charge is -2.01. The second kappa shape index (κ2) is 3.52. The third-order valence-electron chi connectivity index (χ3n) is 0.441. The van der Waals surface area contributed by atoms with E-state index in [4.69, 9.17) is 5.73 Å². The van der Waals surface area contributed by atoms with Crippen LogP contribution in [0, 0.1) is 0 Å². The van der Waals surface area contributed by atoms with Gasteiger partial charge >= 0.3 is 6.03 Å². The number of amides is 2. The van der Waals surface area contributed by atoms with Gasteiger partial charge in [-0.25, -0.2) is 4.79 Å². The van der Waals surface area contributed by atoms with Crippen molar-refractivity contribution in [3.8, 4) is 0 Å². The molecule has 0 heterocycles. The molecule has 0 aliphatic carbocycles. The summed E-state index contributed by atoms with van der Waals surface area (Å²) < 4.78 is 0. The highest BCUT2D eigenvalue weighted by Crippen LogP contribution is 1.65. The molecule has 0 aromatic heterocycles. The molecule has 0 bridgehead atoms. The van der Waals surface area contributed by atoms with E-state index in [1.807, 2.05) is 0 Å². The van der Waals surface area contributed by atoms with Gasteiger partial charge in [-0.2, -0.15) is 0 Å². The molecule has 2 N–H and O–H groups in total. The van der Waals surface area contributed by atoms with Gasteiger partial charge in [-0.3, -0.25) is 0 Å². The molecule has 0 saturated carbocycles. The number of carbonyl (C=O) groups excluding carboxylic acids is 1. The van der Waals surface area contributed by atoms with E-state index in [0.717, 1.165) is 0 Å². The summed E-state index contributed by atoms with van der Waals surface area (Å²) in [5, 5.41) is 0. The molecule has 0 fully saturated rings. The number of hydrogen-bond acceptors (Lipinski definition) is 1. The minimum Gasteiger partial charge on any atom is -0.352 e. The van der Waals surface area contributed by atoms with Crippen LogP contribution >= 0.6 is 0 Å². The van der Waals surface area contributed by atoms with E-state index in [-0.39, 0.29) is 8.41 Å². The van der Waals surface area contributed by atoms with Crippen molar-refractivity contribution in [2.24, 2.45) is 5.73 Å². The fourth-order valence-electron chi connectivity index (χ4n) is 0. The maximum Gasteiger partial charge on any atom is 0.314 e. The Bertz CT molecular complexity index is 64.0. The van der Waals surface area contributed by atoms with Crippen LogP contribution in [-0.4, -0.2) is 33.4 Å². The van der Waals surface area contributed by atoms with E-state index in [0.29, 0.717) is 0 Å². The fourth-order valence-corrected chi connectivity index (χ4v) is 0. The highest BCUT2D eigenvalue weighted by molar-refractivity contribution is 5.75. The molecule has 3 radical (unpaired) electrons. The molecular weight excluding hydrogens is 90.9 g/mol. The zero-order valence-electron chi connectivity index (χ0n) is 4.51. The summed E-state index contributed by atoms with van der Waals surface area (Å²) >= 11 is 0. The summed E-state index contributed by atoms with van der Waals surface area (Å²) in [5.74, 6) is 0. The van der Waals surface area contributed by atoms with Gasteiger partial charge in [0.1, 0.15) is 0 Å². The summed E-state index contributed by atoms with van der Waals surface area (Å²) in [7, 11) is 3.20. The minimum atomic E-state index is -0.407. The van der Waals surface area contributed by atoms with Gasteiger partial charge in [0.2, 0.25) is 0 Å². The van der Waals surface area contributed by atoms with Crippen LogP contribution in [0.5, 0.6) is 0 Å². The Morgan fingerprint density at radius 1 is 1.57 bits per heavy atom. The van der Waals surface area contributed by atoms with Crippen molar-refractivity contribution in [2.45, 2.75) is 0 Å². The second-order valence-electron chi connectivity index (χ2n) is 1.23. The van der Waals surface area contributed by atoms with Crippen LogP contribution in [-0.2, 0) is 0 Å². The van der Waals surface area contributed by atoms with Crippen LogP contribution in [0.1, 0.15) is 0 Å². The summed E-state index contributed by atoms with van der Waals surface area (Å²) in [6.07, 6.45) is 0. The van der Waals surface area contributed by atoms with Crippen molar-refractivity contribution >= 4 is 14.4 Å². The number of nitrogens with two attached hydrogens (primary N) is 1. The Kier molecular flexibility index (Phi) is 4.83. The molecule has 0 spiro atoms. The number of nitrogens with zero attached hydrogens (tertiary/aromatic N) is 1. The molecule has 0 unspecified atom stereocenters. The first kappa shape index (κ1) is 9.59. The number of carbonyl (C=O) groups is 1. The van der Waals surface area contributed by atoms with Crippen molar-refractivity contribution in [1.29, 1.82) is 0 Å². The van der Waals surface area contributed by atoms with Gasteiger partial charge in [-0.05, 0) is 0 Å². The van der Waals surface area contributed by atoms with Crippen LogP contribution < -0.4 is 5.73 Å². The molecule has 0 aromatic carbocycles. The number of hydrogen-bond donors (Lipinski definition) is 1. The minimum absolute atomic E-state index is 0. The third-order valence-corrected chi connectivity index (χ3v) is 0.441. The van der Waals surface area contributed by atoms with Crippen LogP contribution in [0.25, 0.3) is 0 Å². The molecule has 3 nitrogen and oxygen atoms in total. The van der Waals surface area contributed by atoms with Crippen molar-refractivity contribution in [3.05, 3.63) is 0 Å². The zero-order chi connectivity index (χ0) is 5.15. The normalized spacial score (nSPS) is 6.57. The van der Waals surface area contributed by atoms with E-state index in [1.165, 1.54) is 4.90 Å². The largest absolute Gasteiger partial charge is 0.352 e. The summed E-state index contributed by atoms with van der Waals surface area (Å²) in [6.45, 7) is 0. The summed E-state index contributed by atoms with van der Waals surface area (Å²) in [5.41, 5.74) is 4.72. The number of urea groups is 1. The fraction of sp³-hybridized carbons (Fsp3) is 0.667. The van der Waals surface area contributed by atoms with Gasteiger partial charge in [0.15, 0.2) is 0 Å². The van der Waals surface area contributed by atoms with Crippen molar-refractivity contribution in [1.82, 2.24) is 4.90 Å².